The second-order valence-electron chi connectivity index (χ2n) is 8.90. The number of rotatable bonds is 7. The number of anilines is 2. The van der Waals surface area contributed by atoms with Crippen molar-refractivity contribution in [3.63, 3.8) is 0 Å². The van der Waals surface area contributed by atoms with E-state index in [0.29, 0.717) is 34.2 Å². The van der Waals surface area contributed by atoms with Crippen LogP contribution in [0.5, 0.6) is 5.75 Å². The van der Waals surface area contributed by atoms with Crippen molar-refractivity contribution in [1.29, 1.82) is 5.26 Å². The van der Waals surface area contributed by atoms with E-state index in [0.717, 1.165) is 36.4 Å². The first-order valence-electron chi connectivity index (χ1n) is 11.9. The van der Waals surface area contributed by atoms with Gasteiger partial charge in [-0.3, -0.25) is 9.59 Å². The first-order valence-corrected chi connectivity index (χ1v) is 11.9. The maximum absolute atomic E-state index is 12.8. The van der Waals surface area contributed by atoms with Gasteiger partial charge in [-0.05, 0) is 69.4 Å². The van der Waals surface area contributed by atoms with E-state index in [1.165, 1.54) is 7.05 Å². The second-order valence-corrected chi connectivity index (χ2v) is 8.90. The average molecular weight is 500 g/mol. The van der Waals surface area contributed by atoms with Crippen molar-refractivity contribution >= 4 is 23.5 Å². The number of nitrogens with zero attached hydrogens (tertiary/aromatic N) is 5. The summed E-state index contributed by atoms with van der Waals surface area (Å²) in [6.45, 7) is 1.94. The lowest BCUT2D eigenvalue weighted by Gasteiger charge is -2.29. The van der Waals surface area contributed by atoms with Crippen LogP contribution in [-0.4, -0.2) is 71.9 Å². The van der Waals surface area contributed by atoms with Crippen LogP contribution in [0.3, 0.4) is 0 Å². The first-order chi connectivity index (χ1) is 17.9. The molecule has 0 atom stereocenters. The molecule has 10 heteroatoms. The SMILES string of the molecule is COc1cc(C(=O)NC2CCN(C)CC2)ccc1Nc1nccc(-c2ccc(C(=O)N(C)C#N)cc2)n1. The van der Waals surface area contributed by atoms with Crippen LogP contribution in [0.4, 0.5) is 11.6 Å². The minimum absolute atomic E-state index is 0.124. The molecule has 0 saturated carbocycles. The van der Waals surface area contributed by atoms with Crippen molar-refractivity contribution in [3.8, 4) is 23.2 Å². The molecule has 190 valence electrons. The Hall–Kier alpha value is -4.49. The molecule has 1 fully saturated rings. The van der Waals surface area contributed by atoms with Crippen molar-refractivity contribution in [2.75, 3.05) is 39.6 Å². The number of nitrogens with one attached hydrogen (secondary N) is 2. The molecule has 0 radical (unpaired) electrons. The fourth-order valence-corrected chi connectivity index (χ4v) is 4.08. The Bertz CT molecular complexity index is 1310. The molecular weight excluding hydrogens is 470 g/mol. The fourth-order valence-electron chi connectivity index (χ4n) is 4.08. The standard InChI is InChI=1S/C27H29N7O3/c1-33-14-11-21(12-15-33)30-25(35)20-8-9-23(24(16-20)37-3)32-27-29-13-10-22(31-27)18-4-6-19(7-5-18)26(36)34(2)17-28/h4-10,13,16,21H,11-12,14-15H2,1-3H3,(H,30,35)(H,29,31,32). The summed E-state index contributed by atoms with van der Waals surface area (Å²) in [6.07, 6.45) is 5.29. The predicted molar refractivity (Wildman–Crippen MR) is 139 cm³/mol. The van der Waals surface area contributed by atoms with Gasteiger partial charge in [0.15, 0.2) is 6.19 Å². The van der Waals surface area contributed by atoms with Gasteiger partial charge in [-0.2, -0.15) is 5.26 Å². The number of carbonyl (C=O) groups excluding carboxylic acids is 2. The van der Waals surface area contributed by atoms with Crippen molar-refractivity contribution in [2.45, 2.75) is 18.9 Å². The van der Waals surface area contributed by atoms with Crippen molar-refractivity contribution in [3.05, 3.63) is 65.9 Å². The van der Waals surface area contributed by atoms with Crippen LogP contribution in [0, 0.1) is 11.5 Å². The third kappa shape index (κ3) is 6.20. The summed E-state index contributed by atoms with van der Waals surface area (Å²) in [5.74, 6) is 0.341. The van der Waals surface area contributed by atoms with Gasteiger partial charge in [-0.25, -0.2) is 14.9 Å². The molecule has 2 aromatic carbocycles. The molecule has 2 N–H and O–H groups in total. The summed E-state index contributed by atoms with van der Waals surface area (Å²) in [5.41, 5.74) is 2.99. The number of hydrogen-bond acceptors (Lipinski definition) is 8. The van der Waals surface area contributed by atoms with Gasteiger partial charge in [-0.15, -0.1) is 0 Å². The highest BCUT2D eigenvalue weighted by molar-refractivity contribution is 5.96. The van der Waals surface area contributed by atoms with E-state index < -0.39 is 0 Å². The molecule has 4 rings (SSSR count). The number of nitriles is 1. The number of piperidine rings is 1. The van der Waals surface area contributed by atoms with Gasteiger partial charge in [0.05, 0.1) is 18.5 Å². The maximum atomic E-state index is 12.8. The smallest absolute Gasteiger partial charge is 0.266 e. The van der Waals surface area contributed by atoms with E-state index >= 15 is 0 Å². The average Bonchev–Trinajstić information content (AvgIpc) is 2.93. The Kier molecular flexibility index (Phi) is 7.95. The molecule has 0 aliphatic carbocycles. The van der Waals surface area contributed by atoms with Crippen LogP contribution >= 0.6 is 0 Å². The summed E-state index contributed by atoms with van der Waals surface area (Å²) in [7, 11) is 5.05. The topological polar surface area (TPSA) is 123 Å². The normalized spacial score (nSPS) is 13.9. The van der Waals surface area contributed by atoms with Crippen molar-refractivity contribution in [2.24, 2.45) is 0 Å². The lowest BCUT2D eigenvalue weighted by molar-refractivity contribution is 0.0857. The van der Waals surface area contributed by atoms with Gasteiger partial charge >= 0.3 is 0 Å². The maximum Gasteiger partial charge on any atom is 0.266 e. The molecule has 1 aliphatic rings. The number of ether oxygens (including phenoxy) is 1. The van der Waals surface area contributed by atoms with Gasteiger partial charge in [0.25, 0.3) is 11.8 Å². The Morgan fingerprint density at radius 2 is 1.81 bits per heavy atom. The van der Waals surface area contributed by atoms with E-state index in [2.05, 4.69) is 32.5 Å². The third-order valence-electron chi connectivity index (χ3n) is 6.30. The number of likely N-dealkylation sites (tertiary alicyclic amines) is 1. The van der Waals surface area contributed by atoms with Gasteiger partial charge in [0.2, 0.25) is 5.95 Å². The molecular formula is C27H29N7O3. The lowest BCUT2D eigenvalue weighted by Crippen LogP contribution is -2.43. The highest BCUT2D eigenvalue weighted by Gasteiger charge is 2.20. The first kappa shape index (κ1) is 25.6. The number of hydrogen-bond donors (Lipinski definition) is 2. The summed E-state index contributed by atoms with van der Waals surface area (Å²) >= 11 is 0. The predicted octanol–water partition coefficient (Wildman–Crippen LogP) is 3.27. The van der Waals surface area contributed by atoms with Gasteiger partial charge in [0.1, 0.15) is 5.75 Å². The van der Waals surface area contributed by atoms with Crippen LogP contribution in [0.25, 0.3) is 11.3 Å². The number of aromatic nitrogens is 2. The molecule has 0 spiro atoms. The Morgan fingerprint density at radius 1 is 1.11 bits per heavy atom. The Morgan fingerprint density at radius 3 is 2.49 bits per heavy atom. The molecule has 37 heavy (non-hydrogen) atoms. The van der Waals surface area contributed by atoms with Crippen LogP contribution < -0.4 is 15.4 Å². The number of amides is 2. The molecule has 1 aromatic heterocycles. The van der Waals surface area contributed by atoms with Gasteiger partial charge < -0.3 is 20.3 Å². The molecule has 3 aromatic rings. The Labute approximate surface area is 215 Å². The summed E-state index contributed by atoms with van der Waals surface area (Å²) in [4.78, 5) is 37.0. The Balaban J connectivity index is 1.47. The molecule has 2 heterocycles. The molecule has 10 nitrogen and oxygen atoms in total. The fraction of sp³-hybridized carbons (Fsp3) is 0.296. The molecule has 1 aliphatic heterocycles. The molecule has 1 saturated heterocycles. The van der Waals surface area contributed by atoms with E-state index in [1.807, 2.05) is 0 Å². The number of carbonyl (C=O) groups is 2. The zero-order valence-electron chi connectivity index (χ0n) is 21.1. The van der Waals surface area contributed by atoms with E-state index in [4.69, 9.17) is 10.00 Å². The van der Waals surface area contributed by atoms with E-state index in [-0.39, 0.29) is 17.9 Å². The quantitative estimate of drug-likeness (QED) is 0.375. The number of methoxy groups -OCH3 is 1. The summed E-state index contributed by atoms with van der Waals surface area (Å²) in [5, 5.41) is 15.2. The minimum Gasteiger partial charge on any atom is -0.495 e. The second kappa shape index (κ2) is 11.5. The third-order valence-corrected chi connectivity index (χ3v) is 6.30. The van der Waals surface area contributed by atoms with E-state index in [9.17, 15) is 9.59 Å². The van der Waals surface area contributed by atoms with Crippen LogP contribution in [0.1, 0.15) is 33.6 Å². The zero-order chi connectivity index (χ0) is 26.4. The summed E-state index contributed by atoms with van der Waals surface area (Å²) < 4.78 is 5.53. The molecule has 2 amide bonds. The van der Waals surface area contributed by atoms with Crippen molar-refractivity contribution < 1.29 is 14.3 Å². The largest absolute Gasteiger partial charge is 0.495 e. The minimum atomic E-state index is -0.380. The lowest BCUT2D eigenvalue weighted by atomic mass is 10.0. The van der Waals surface area contributed by atoms with E-state index in [1.54, 1.807) is 68.0 Å². The highest BCUT2D eigenvalue weighted by Crippen LogP contribution is 2.29. The zero-order valence-corrected chi connectivity index (χ0v) is 21.1. The van der Waals surface area contributed by atoms with Gasteiger partial charge in [0, 0.05) is 36.0 Å². The monoisotopic (exact) mass is 499 g/mol. The molecule has 0 bridgehead atoms. The van der Waals surface area contributed by atoms with Crippen LogP contribution in [0.2, 0.25) is 0 Å². The number of benzene rings is 2. The summed E-state index contributed by atoms with van der Waals surface area (Å²) in [6, 6.07) is 14.0. The van der Waals surface area contributed by atoms with Crippen LogP contribution in [0.15, 0.2) is 54.7 Å². The van der Waals surface area contributed by atoms with Crippen molar-refractivity contribution in [1.82, 2.24) is 25.1 Å². The van der Waals surface area contributed by atoms with Gasteiger partial charge in [-0.1, -0.05) is 12.1 Å². The molecule has 0 unspecified atom stereocenters. The van der Waals surface area contributed by atoms with Crippen LogP contribution in [-0.2, 0) is 0 Å². The highest BCUT2D eigenvalue weighted by atomic mass is 16.5.